The van der Waals surface area contributed by atoms with E-state index >= 15 is 0 Å². The van der Waals surface area contributed by atoms with Crippen LogP contribution in [0.15, 0.2) is 85.1 Å². The second-order valence-electron chi connectivity index (χ2n) is 24.9. The molecule has 11 heteroatoms. The van der Waals surface area contributed by atoms with E-state index in [0.717, 1.165) is 83.5 Å². The average Bonchev–Trinajstić information content (AvgIpc) is 1.91. The Labute approximate surface area is 533 Å². The minimum absolute atomic E-state index is 0.00758. The molecule has 7 unspecified atom stereocenters. The first-order valence-corrected chi connectivity index (χ1v) is 36.4. The van der Waals surface area contributed by atoms with E-state index in [-0.39, 0.29) is 18.5 Å². The first kappa shape index (κ1) is 81.9. The molecule has 1 aliphatic heterocycles. The molecule has 1 rings (SSSR count). The van der Waals surface area contributed by atoms with E-state index in [1.165, 1.54) is 212 Å². The van der Waals surface area contributed by atoms with Crippen molar-refractivity contribution in [2.24, 2.45) is 0 Å². The van der Waals surface area contributed by atoms with Gasteiger partial charge in [0.1, 0.15) is 24.4 Å². The second kappa shape index (κ2) is 64.4. The summed E-state index contributed by atoms with van der Waals surface area (Å²) in [4.78, 5) is 25.1. The predicted octanol–water partition coefficient (Wildman–Crippen LogP) is 18.8. The first-order valence-electron chi connectivity index (χ1n) is 36.4. The van der Waals surface area contributed by atoms with Gasteiger partial charge < -0.3 is 45.1 Å². The van der Waals surface area contributed by atoms with Gasteiger partial charge in [-0.05, 0) is 116 Å². The zero-order valence-corrected chi connectivity index (χ0v) is 56.0. The van der Waals surface area contributed by atoms with Crippen LogP contribution in [0.1, 0.15) is 322 Å². The molecule has 0 bridgehead atoms. The lowest BCUT2D eigenvalue weighted by Crippen LogP contribution is -2.60. The van der Waals surface area contributed by atoms with Gasteiger partial charge in [0, 0.05) is 12.8 Å². The molecule has 0 saturated carbocycles. The minimum Gasteiger partial charge on any atom is -0.466 e. The molecule has 1 fully saturated rings. The summed E-state index contributed by atoms with van der Waals surface area (Å²) in [5.41, 5.74) is 0. The standard InChI is InChI=1S/C76H135NO10/c1-3-5-7-9-11-13-15-16-17-38-41-44-48-52-56-60-64-72(81)85-65-61-57-53-49-45-42-39-36-34-32-30-28-26-24-22-20-18-19-21-23-25-27-29-31-33-35-37-40-43-47-51-55-59-63-71(80)77-68(67-86-76-75(84)74(83)73(82)70(66-78)87-76)69(79)62-58-54-50-46-14-12-10-8-6-4-2/h6,8,13-15,17,22,24,28,30,38,46,58,62,68-70,73-76,78-79,82-84H,3-5,7,9-12,16,18-21,23,25-27,29,31-37,39-45,47-57,59-61,63-67H2,1-2H3,(H,77,80)/b8-6+,15-13-,24-22-,30-28-,38-17-,46-14+,62-58+. The van der Waals surface area contributed by atoms with Crippen molar-refractivity contribution in [2.45, 2.75) is 365 Å². The number of allylic oxidation sites excluding steroid dienone is 13. The monoisotopic (exact) mass is 1220 g/mol. The molecule has 1 amide bonds. The number of aliphatic hydroxyl groups is 5. The SMILES string of the molecule is CC/C=C/CC/C=C/CC/C=C/C(O)C(COC1OC(CO)C(O)C(O)C1O)NC(=O)CCCCCCCCCCCCCCCCCCC/C=C\C/C=C\CCCCCCCCCCCOC(=O)CCCCCCC/C=C\C/C=C\CCCCCC. The van der Waals surface area contributed by atoms with Crippen molar-refractivity contribution in [3.8, 4) is 0 Å². The van der Waals surface area contributed by atoms with Crippen molar-refractivity contribution in [3.63, 3.8) is 0 Å². The van der Waals surface area contributed by atoms with Crippen LogP contribution in [0.3, 0.4) is 0 Å². The highest BCUT2D eigenvalue weighted by atomic mass is 16.7. The zero-order chi connectivity index (χ0) is 63.0. The fraction of sp³-hybridized carbons (Fsp3) is 0.789. The van der Waals surface area contributed by atoms with Gasteiger partial charge in [-0.2, -0.15) is 0 Å². The van der Waals surface area contributed by atoms with Crippen molar-refractivity contribution >= 4 is 11.9 Å². The Kier molecular flexibility index (Phi) is 60.6. The Hall–Kier alpha value is -3.16. The molecule has 6 N–H and O–H groups in total. The summed E-state index contributed by atoms with van der Waals surface area (Å²) < 4.78 is 16.7. The molecule has 0 spiro atoms. The molecule has 1 saturated heterocycles. The maximum Gasteiger partial charge on any atom is 0.305 e. The van der Waals surface area contributed by atoms with Crippen LogP contribution < -0.4 is 5.32 Å². The van der Waals surface area contributed by atoms with E-state index in [1.807, 2.05) is 6.08 Å². The fourth-order valence-electron chi connectivity index (χ4n) is 11.0. The number of amides is 1. The quantitative estimate of drug-likeness (QED) is 0.0195. The van der Waals surface area contributed by atoms with Crippen molar-refractivity contribution in [3.05, 3.63) is 85.1 Å². The van der Waals surface area contributed by atoms with Crippen LogP contribution in [0.25, 0.3) is 0 Å². The van der Waals surface area contributed by atoms with E-state index in [9.17, 15) is 35.1 Å². The van der Waals surface area contributed by atoms with E-state index in [0.29, 0.717) is 19.4 Å². The van der Waals surface area contributed by atoms with Gasteiger partial charge in [0.15, 0.2) is 6.29 Å². The third-order valence-corrected chi connectivity index (χ3v) is 16.7. The Morgan fingerprint density at radius 3 is 1.25 bits per heavy atom. The van der Waals surface area contributed by atoms with Crippen molar-refractivity contribution in [1.29, 1.82) is 0 Å². The topological polar surface area (TPSA) is 175 Å². The lowest BCUT2D eigenvalue weighted by molar-refractivity contribution is -0.302. The average molecular weight is 1220 g/mol. The molecule has 0 radical (unpaired) electrons. The molecule has 504 valence electrons. The molecule has 1 heterocycles. The van der Waals surface area contributed by atoms with Crippen LogP contribution >= 0.6 is 0 Å². The number of ether oxygens (including phenoxy) is 3. The molecule has 7 atom stereocenters. The third-order valence-electron chi connectivity index (χ3n) is 16.7. The van der Waals surface area contributed by atoms with Gasteiger partial charge in [0.05, 0.1) is 32.0 Å². The van der Waals surface area contributed by atoms with Gasteiger partial charge in [0.25, 0.3) is 0 Å². The summed E-state index contributed by atoms with van der Waals surface area (Å²) in [6.07, 6.45) is 78.9. The van der Waals surface area contributed by atoms with Crippen LogP contribution in [0, 0.1) is 0 Å². The second-order valence-corrected chi connectivity index (χ2v) is 24.9. The molecule has 0 aliphatic carbocycles. The Bertz CT molecular complexity index is 1720. The van der Waals surface area contributed by atoms with Crippen LogP contribution in [0.4, 0.5) is 0 Å². The number of carbonyl (C=O) groups excluding carboxylic acids is 2. The number of esters is 1. The van der Waals surface area contributed by atoms with Crippen LogP contribution in [0.5, 0.6) is 0 Å². The minimum atomic E-state index is -1.58. The highest BCUT2D eigenvalue weighted by molar-refractivity contribution is 5.76. The smallest absolute Gasteiger partial charge is 0.305 e. The first-order chi connectivity index (χ1) is 42.7. The largest absolute Gasteiger partial charge is 0.466 e. The van der Waals surface area contributed by atoms with Gasteiger partial charge >= 0.3 is 5.97 Å². The lowest BCUT2D eigenvalue weighted by Gasteiger charge is -2.40. The predicted molar refractivity (Wildman–Crippen MR) is 366 cm³/mol. The molecule has 11 nitrogen and oxygen atoms in total. The number of carbonyl (C=O) groups is 2. The van der Waals surface area contributed by atoms with Gasteiger partial charge in [-0.1, -0.05) is 279 Å². The van der Waals surface area contributed by atoms with Crippen LogP contribution in [0.2, 0.25) is 0 Å². The van der Waals surface area contributed by atoms with Crippen molar-refractivity contribution in [1.82, 2.24) is 5.32 Å². The molecule has 1 aliphatic rings. The van der Waals surface area contributed by atoms with Gasteiger partial charge in [0.2, 0.25) is 5.91 Å². The normalized spacial score (nSPS) is 18.4. The van der Waals surface area contributed by atoms with Gasteiger partial charge in [-0.3, -0.25) is 9.59 Å². The summed E-state index contributed by atoms with van der Waals surface area (Å²) in [6, 6.07) is -0.834. The van der Waals surface area contributed by atoms with E-state index in [4.69, 9.17) is 14.2 Å². The van der Waals surface area contributed by atoms with Crippen LogP contribution in [-0.2, 0) is 23.8 Å². The Morgan fingerprint density at radius 2 is 0.816 bits per heavy atom. The molecule has 87 heavy (non-hydrogen) atoms. The molecular weight excluding hydrogens is 1090 g/mol. The molecule has 0 aromatic heterocycles. The maximum absolute atomic E-state index is 13.0. The zero-order valence-electron chi connectivity index (χ0n) is 56.0. The fourth-order valence-corrected chi connectivity index (χ4v) is 11.0. The maximum atomic E-state index is 13.0. The molecular formula is C76H135NO10. The van der Waals surface area contributed by atoms with E-state index in [1.54, 1.807) is 6.08 Å². The summed E-state index contributed by atoms with van der Waals surface area (Å²) in [5, 5.41) is 54.3. The number of aliphatic hydroxyl groups excluding tert-OH is 5. The number of hydrogen-bond acceptors (Lipinski definition) is 10. The molecule has 0 aromatic carbocycles. The summed E-state index contributed by atoms with van der Waals surface area (Å²) in [7, 11) is 0. The Morgan fingerprint density at radius 1 is 0.437 bits per heavy atom. The number of hydrogen-bond donors (Lipinski definition) is 6. The van der Waals surface area contributed by atoms with Crippen molar-refractivity contribution in [2.75, 3.05) is 19.8 Å². The highest BCUT2D eigenvalue weighted by Gasteiger charge is 2.44. The van der Waals surface area contributed by atoms with Crippen molar-refractivity contribution < 1.29 is 49.3 Å². The lowest BCUT2D eigenvalue weighted by atomic mass is 9.99. The number of rotatable bonds is 63. The van der Waals surface area contributed by atoms with Gasteiger partial charge in [-0.15, -0.1) is 0 Å². The highest BCUT2D eigenvalue weighted by Crippen LogP contribution is 2.23. The van der Waals surface area contributed by atoms with E-state index < -0.39 is 49.5 Å². The Balaban J connectivity index is 1.92. The third kappa shape index (κ3) is 53.2. The summed E-state index contributed by atoms with van der Waals surface area (Å²) in [6.45, 7) is 4.19. The summed E-state index contributed by atoms with van der Waals surface area (Å²) in [5.74, 6) is -0.205. The van der Waals surface area contributed by atoms with Crippen LogP contribution in [-0.4, -0.2) is 100 Å². The summed E-state index contributed by atoms with van der Waals surface area (Å²) >= 11 is 0. The number of nitrogens with one attached hydrogen (secondary N) is 1. The molecule has 0 aromatic rings. The number of unbranched alkanes of at least 4 members (excludes halogenated alkanes) is 37. The van der Waals surface area contributed by atoms with E-state index in [2.05, 4.69) is 92.1 Å². The van der Waals surface area contributed by atoms with Gasteiger partial charge in [-0.25, -0.2) is 0 Å².